The molecule has 0 saturated carbocycles. The zero-order chi connectivity index (χ0) is 15.6. The van der Waals surface area contributed by atoms with Crippen LogP contribution in [-0.2, 0) is 10.0 Å². The maximum atomic E-state index is 12.6. The molecule has 21 heavy (non-hydrogen) atoms. The number of rotatable bonds is 6. The molecule has 1 aromatic rings. The van der Waals surface area contributed by atoms with Gasteiger partial charge in [-0.3, -0.25) is 0 Å². The normalized spacial score (nSPS) is 12.1. The van der Waals surface area contributed by atoms with E-state index in [4.69, 9.17) is 22.1 Å². The van der Waals surface area contributed by atoms with E-state index in [1.54, 1.807) is 6.07 Å². The first kappa shape index (κ1) is 20.5. The van der Waals surface area contributed by atoms with Crippen molar-refractivity contribution < 1.29 is 13.2 Å². The van der Waals surface area contributed by atoms with Crippen molar-refractivity contribution in [1.29, 1.82) is 0 Å². The SMILES string of the molecule is COc1ccc(Cl)cc1S(=O)(=O)N(C)CC(C)(C)CN.Cl. The number of benzene rings is 1. The van der Waals surface area contributed by atoms with E-state index in [2.05, 4.69) is 0 Å². The van der Waals surface area contributed by atoms with Crippen LogP contribution < -0.4 is 10.5 Å². The number of ether oxygens (including phenoxy) is 1. The second kappa shape index (κ2) is 7.65. The van der Waals surface area contributed by atoms with Crippen LogP contribution in [0.3, 0.4) is 0 Å². The van der Waals surface area contributed by atoms with E-state index < -0.39 is 10.0 Å². The second-order valence-electron chi connectivity index (χ2n) is 5.42. The molecular weight excluding hydrogens is 335 g/mol. The first-order chi connectivity index (χ1) is 9.14. The molecule has 0 aromatic heterocycles. The van der Waals surface area contributed by atoms with Gasteiger partial charge in [0.05, 0.1) is 7.11 Å². The van der Waals surface area contributed by atoms with Crippen LogP contribution in [0.1, 0.15) is 13.8 Å². The van der Waals surface area contributed by atoms with Crippen molar-refractivity contribution in [2.75, 3.05) is 27.2 Å². The van der Waals surface area contributed by atoms with Crippen molar-refractivity contribution in [3.05, 3.63) is 23.2 Å². The van der Waals surface area contributed by atoms with Crippen LogP contribution in [-0.4, -0.2) is 40.0 Å². The van der Waals surface area contributed by atoms with Crippen molar-refractivity contribution >= 4 is 34.0 Å². The summed E-state index contributed by atoms with van der Waals surface area (Å²) >= 11 is 5.89. The van der Waals surface area contributed by atoms with E-state index >= 15 is 0 Å². The predicted molar refractivity (Wildman–Crippen MR) is 87.9 cm³/mol. The van der Waals surface area contributed by atoms with Crippen molar-refractivity contribution in [2.24, 2.45) is 11.1 Å². The van der Waals surface area contributed by atoms with Crippen LogP contribution in [0.4, 0.5) is 0 Å². The molecule has 0 heterocycles. The number of nitrogens with two attached hydrogens (primary N) is 1. The largest absolute Gasteiger partial charge is 0.495 e. The van der Waals surface area contributed by atoms with Gasteiger partial charge < -0.3 is 10.5 Å². The Bertz CT molecular complexity index is 577. The Balaban J connectivity index is 0.00000400. The highest BCUT2D eigenvalue weighted by Crippen LogP contribution is 2.30. The van der Waals surface area contributed by atoms with Gasteiger partial charge in [0.1, 0.15) is 10.6 Å². The fourth-order valence-electron chi connectivity index (χ4n) is 1.77. The van der Waals surface area contributed by atoms with Crippen LogP contribution in [0.25, 0.3) is 0 Å². The second-order valence-corrected chi connectivity index (χ2v) is 7.87. The summed E-state index contributed by atoms with van der Waals surface area (Å²) in [4.78, 5) is 0.0582. The quantitative estimate of drug-likeness (QED) is 0.848. The van der Waals surface area contributed by atoms with Crippen LogP contribution >= 0.6 is 24.0 Å². The number of hydrogen-bond donors (Lipinski definition) is 1. The molecule has 0 aliphatic heterocycles. The first-order valence-corrected chi connectivity index (χ1v) is 7.96. The first-order valence-electron chi connectivity index (χ1n) is 6.14. The van der Waals surface area contributed by atoms with Gasteiger partial charge in [-0.1, -0.05) is 25.4 Å². The molecule has 2 N–H and O–H groups in total. The minimum Gasteiger partial charge on any atom is -0.495 e. The Morgan fingerprint density at radius 2 is 1.95 bits per heavy atom. The number of sulfonamides is 1. The minimum atomic E-state index is -3.68. The number of halogens is 2. The third kappa shape index (κ3) is 5.00. The minimum absolute atomic E-state index is 0. The molecule has 122 valence electrons. The van der Waals surface area contributed by atoms with Gasteiger partial charge in [0.15, 0.2) is 0 Å². The zero-order valence-corrected chi connectivity index (χ0v) is 15.0. The van der Waals surface area contributed by atoms with Gasteiger partial charge in [0.2, 0.25) is 10.0 Å². The van der Waals surface area contributed by atoms with E-state index in [0.29, 0.717) is 18.1 Å². The maximum absolute atomic E-state index is 12.6. The third-order valence-electron chi connectivity index (χ3n) is 3.02. The molecule has 0 spiro atoms. The van der Waals surface area contributed by atoms with Gasteiger partial charge >= 0.3 is 0 Å². The van der Waals surface area contributed by atoms with E-state index in [0.717, 1.165) is 0 Å². The zero-order valence-electron chi connectivity index (χ0n) is 12.6. The monoisotopic (exact) mass is 356 g/mol. The standard InChI is InChI=1S/C13H21ClN2O3S.ClH/c1-13(2,8-15)9-16(3)20(17,18)12-7-10(14)5-6-11(12)19-4;/h5-7H,8-9,15H2,1-4H3;1H. The summed E-state index contributed by atoms with van der Waals surface area (Å²) in [7, 11) is -0.736. The molecule has 0 aliphatic rings. The highest BCUT2D eigenvalue weighted by atomic mass is 35.5. The Hall–Kier alpha value is -0.530. The van der Waals surface area contributed by atoms with E-state index in [9.17, 15) is 8.42 Å². The summed E-state index contributed by atoms with van der Waals surface area (Å²) in [6.45, 7) is 4.52. The van der Waals surface area contributed by atoms with E-state index in [1.807, 2.05) is 13.8 Å². The molecule has 1 aromatic carbocycles. The van der Waals surface area contributed by atoms with Gasteiger partial charge in [-0.25, -0.2) is 12.7 Å². The lowest BCUT2D eigenvalue weighted by Crippen LogP contribution is -2.39. The third-order valence-corrected chi connectivity index (χ3v) is 5.08. The maximum Gasteiger partial charge on any atom is 0.246 e. The molecule has 0 fully saturated rings. The summed E-state index contributed by atoms with van der Waals surface area (Å²) in [6.07, 6.45) is 0. The summed E-state index contributed by atoms with van der Waals surface area (Å²) < 4.78 is 31.6. The van der Waals surface area contributed by atoms with Gasteiger partial charge in [-0.2, -0.15) is 0 Å². The lowest BCUT2D eigenvalue weighted by molar-refractivity contribution is 0.291. The molecule has 1 rings (SSSR count). The Morgan fingerprint density at radius 1 is 1.38 bits per heavy atom. The van der Waals surface area contributed by atoms with Gasteiger partial charge in [-0.05, 0) is 30.2 Å². The van der Waals surface area contributed by atoms with Gasteiger partial charge in [0, 0.05) is 18.6 Å². The predicted octanol–water partition coefficient (Wildman–Crippen LogP) is 2.38. The van der Waals surface area contributed by atoms with Crippen molar-refractivity contribution in [1.82, 2.24) is 4.31 Å². The molecule has 5 nitrogen and oxygen atoms in total. The van der Waals surface area contributed by atoms with Gasteiger partial charge in [0.25, 0.3) is 0 Å². The molecule has 0 amide bonds. The van der Waals surface area contributed by atoms with Crippen LogP contribution in [0, 0.1) is 5.41 Å². The Morgan fingerprint density at radius 3 is 2.43 bits per heavy atom. The lowest BCUT2D eigenvalue weighted by atomic mass is 9.94. The highest BCUT2D eigenvalue weighted by Gasteiger charge is 2.29. The summed E-state index contributed by atoms with van der Waals surface area (Å²) in [6, 6.07) is 4.52. The average Bonchev–Trinajstić information content (AvgIpc) is 2.38. The van der Waals surface area contributed by atoms with Crippen LogP contribution in [0.5, 0.6) is 5.75 Å². The summed E-state index contributed by atoms with van der Waals surface area (Å²) in [5.41, 5.74) is 5.34. The fourth-order valence-corrected chi connectivity index (χ4v) is 3.55. The highest BCUT2D eigenvalue weighted by molar-refractivity contribution is 7.89. The van der Waals surface area contributed by atoms with Gasteiger partial charge in [-0.15, -0.1) is 12.4 Å². The smallest absolute Gasteiger partial charge is 0.246 e. The van der Waals surface area contributed by atoms with Crippen LogP contribution in [0.2, 0.25) is 5.02 Å². The Labute approximate surface area is 137 Å². The summed E-state index contributed by atoms with van der Waals surface area (Å²) in [5, 5.41) is 0.343. The topological polar surface area (TPSA) is 72.6 Å². The van der Waals surface area contributed by atoms with E-state index in [1.165, 1.54) is 30.6 Å². The van der Waals surface area contributed by atoms with Crippen molar-refractivity contribution in [3.63, 3.8) is 0 Å². The Kier molecular flexibility index (Phi) is 7.45. The number of hydrogen-bond acceptors (Lipinski definition) is 4. The lowest BCUT2D eigenvalue weighted by Gasteiger charge is -2.28. The molecule has 0 atom stereocenters. The molecule has 0 bridgehead atoms. The molecule has 0 radical (unpaired) electrons. The van der Waals surface area contributed by atoms with Crippen molar-refractivity contribution in [2.45, 2.75) is 18.7 Å². The molecule has 0 saturated heterocycles. The molecule has 8 heteroatoms. The molecular formula is C13H22Cl2N2O3S. The van der Waals surface area contributed by atoms with Crippen LogP contribution in [0.15, 0.2) is 23.1 Å². The number of methoxy groups -OCH3 is 1. The number of nitrogens with zero attached hydrogens (tertiary/aromatic N) is 1. The summed E-state index contributed by atoms with van der Waals surface area (Å²) in [5.74, 6) is 0.270. The van der Waals surface area contributed by atoms with E-state index in [-0.39, 0.29) is 28.5 Å². The fraction of sp³-hybridized carbons (Fsp3) is 0.538. The molecule has 0 unspecified atom stereocenters. The van der Waals surface area contributed by atoms with Crippen molar-refractivity contribution in [3.8, 4) is 5.75 Å². The average molecular weight is 357 g/mol. The molecule has 0 aliphatic carbocycles.